The number of aliphatic hydroxyl groups is 2. The number of fused-ring (bicyclic) bond motifs is 1. The van der Waals surface area contributed by atoms with Gasteiger partial charge in [0.05, 0.1) is 24.0 Å². The van der Waals surface area contributed by atoms with Crippen LogP contribution >= 0.6 is 11.6 Å². The molecular weight excluding hydrogens is 526 g/mol. The van der Waals surface area contributed by atoms with Gasteiger partial charge in [-0.1, -0.05) is 54.4 Å². The van der Waals surface area contributed by atoms with Crippen LogP contribution in [0.15, 0.2) is 40.8 Å². The Hall–Kier alpha value is -1.89. The fourth-order valence-corrected chi connectivity index (χ4v) is 7.76. The minimum absolute atomic E-state index is 0.0687. The van der Waals surface area contributed by atoms with E-state index in [1.54, 1.807) is 0 Å². The average molecular weight is 564 g/mol. The van der Waals surface area contributed by atoms with Crippen LogP contribution in [-0.2, 0) is 19.6 Å². The van der Waals surface area contributed by atoms with E-state index in [0.29, 0.717) is 30.7 Å². The number of carbonyl (C=O) groups excluding carboxylic acids is 1. The Morgan fingerprint density at radius 1 is 1.26 bits per heavy atom. The average Bonchev–Trinajstić information content (AvgIpc) is 3.38. The van der Waals surface area contributed by atoms with E-state index in [4.69, 9.17) is 16.3 Å². The van der Waals surface area contributed by atoms with Gasteiger partial charge in [-0.3, -0.25) is 4.79 Å². The van der Waals surface area contributed by atoms with Crippen LogP contribution in [0.2, 0.25) is 5.02 Å². The number of nitrogens with one attached hydrogen (secondary N) is 1. The quantitative estimate of drug-likeness (QED) is 0.248. The molecule has 208 valence electrons. The predicted octanol–water partition coefficient (Wildman–Crippen LogP) is 4.22. The van der Waals surface area contributed by atoms with Crippen LogP contribution in [0.5, 0.6) is 0 Å². The largest absolute Gasteiger partial charge is 0.469 e. The van der Waals surface area contributed by atoms with Crippen molar-refractivity contribution in [1.29, 1.82) is 0 Å². The third-order valence-corrected chi connectivity index (χ3v) is 10.2. The van der Waals surface area contributed by atoms with Crippen molar-refractivity contribution in [3.05, 3.63) is 40.9 Å². The number of methoxy groups -OCH3 is 1. The summed E-state index contributed by atoms with van der Waals surface area (Å²) < 4.78 is 33.6. The number of carbonyl (C=O) groups is 1. The summed E-state index contributed by atoms with van der Waals surface area (Å²) >= 11 is 5.93. The van der Waals surface area contributed by atoms with Crippen LogP contribution in [0.25, 0.3) is 0 Å². The first-order valence-corrected chi connectivity index (χ1v) is 15.4. The van der Waals surface area contributed by atoms with Crippen LogP contribution in [0.4, 0.5) is 0 Å². The van der Waals surface area contributed by atoms with Crippen molar-refractivity contribution < 1.29 is 28.2 Å². The Kier molecular flexibility index (Phi) is 9.59. The van der Waals surface area contributed by atoms with E-state index in [1.165, 1.54) is 37.8 Å². The summed E-state index contributed by atoms with van der Waals surface area (Å²) in [5.41, 5.74) is 0.627. The van der Waals surface area contributed by atoms with Crippen molar-refractivity contribution in [2.75, 3.05) is 13.7 Å². The van der Waals surface area contributed by atoms with Crippen molar-refractivity contribution in [2.45, 2.75) is 81.3 Å². The molecule has 9 heteroatoms. The zero-order valence-electron chi connectivity index (χ0n) is 21.9. The second-order valence-electron chi connectivity index (χ2n) is 11.0. The van der Waals surface area contributed by atoms with Crippen molar-refractivity contribution >= 4 is 27.6 Å². The summed E-state index contributed by atoms with van der Waals surface area (Å²) in [4.78, 5) is 11.7. The number of hydrogen-bond acceptors (Lipinski definition) is 6. The van der Waals surface area contributed by atoms with Gasteiger partial charge >= 0.3 is 5.97 Å². The molecule has 0 spiro atoms. The van der Waals surface area contributed by atoms with E-state index in [-0.39, 0.29) is 41.6 Å². The Morgan fingerprint density at radius 3 is 2.66 bits per heavy atom. The number of halogens is 1. The molecule has 38 heavy (non-hydrogen) atoms. The SMILES string of the molecule is COC(=O)CC/C=C1/C[C@@H]2[C@@H](C#C[C@@H](O)C3CCCCC3)[C@H](O)C[C@]2(CNS(=O)(=O)c2ccc(Cl)cc2)C1. The molecule has 5 atom stereocenters. The van der Waals surface area contributed by atoms with E-state index in [2.05, 4.69) is 16.6 Å². The zero-order chi connectivity index (χ0) is 27.3. The van der Waals surface area contributed by atoms with Gasteiger partial charge in [0.15, 0.2) is 0 Å². The third-order valence-electron chi connectivity index (χ3n) is 8.55. The van der Waals surface area contributed by atoms with Gasteiger partial charge in [-0.15, -0.1) is 0 Å². The predicted molar refractivity (Wildman–Crippen MR) is 146 cm³/mol. The summed E-state index contributed by atoms with van der Waals surface area (Å²) in [6.45, 7) is 0.164. The van der Waals surface area contributed by atoms with Crippen molar-refractivity contribution in [2.24, 2.45) is 23.2 Å². The lowest BCUT2D eigenvalue weighted by atomic mass is 9.78. The Labute approximate surface area is 231 Å². The van der Waals surface area contributed by atoms with Gasteiger partial charge in [0.2, 0.25) is 10.0 Å². The number of allylic oxidation sites excluding steroid dienone is 2. The maximum absolute atomic E-state index is 13.1. The molecule has 0 unspecified atom stereocenters. The van der Waals surface area contributed by atoms with E-state index in [1.807, 2.05) is 6.08 Å². The number of sulfonamides is 1. The molecule has 0 aromatic heterocycles. The number of rotatable bonds is 8. The molecule has 3 aliphatic rings. The van der Waals surface area contributed by atoms with E-state index < -0.39 is 27.6 Å². The molecule has 0 aliphatic heterocycles. The molecule has 3 N–H and O–H groups in total. The zero-order valence-corrected chi connectivity index (χ0v) is 23.4. The highest BCUT2D eigenvalue weighted by Gasteiger charge is 2.56. The molecule has 7 nitrogen and oxygen atoms in total. The molecule has 4 rings (SSSR count). The molecule has 3 fully saturated rings. The molecule has 3 saturated carbocycles. The van der Waals surface area contributed by atoms with Crippen LogP contribution in [0.1, 0.15) is 64.2 Å². The monoisotopic (exact) mass is 563 g/mol. The summed E-state index contributed by atoms with van der Waals surface area (Å²) in [5.74, 6) is 5.74. The van der Waals surface area contributed by atoms with Crippen molar-refractivity contribution in [1.82, 2.24) is 4.72 Å². The molecule has 0 heterocycles. The lowest BCUT2D eigenvalue weighted by Crippen LogP contribution is -2.38. The first-order valence-electron chi connectivity index (χ1n) is 13.5. The van der Waals surface area contributed by atoms with Gasteiger partial charge in [0.25, 0.3) is 0 Å². The second-order valence-corrected chi connectivity index (χ2v) is 13.2. The maximum Gasteiger partial charge on any atom is 0.305 e. The van der Waals surface area contributed by atoms with Gasteiger partial charge in [-0.05, 0) is 80.0 Å². The molecule has 0 saturated heterocycles. The van der Waals surface area contributed by atoms with Gasteiger partial charge in [0, 0.05) is 18.0 Å². The van der Waals surface area contributed by atoms with Gasteiger partial charge in [-0.2, -0.15) is 0 Å². The third kappa shape index (κ3) is 6.81. The van der Waals surface area contributed by atoms with E-state index >= 15 is 0 Å². The minimum Gasteiger partial charge on any atom is -0.469 e. The number of aliphatic hydroxyl groups excluding tert-OH is 2. The molecule has 1 aromatic rings. The van der Waals surface area contributed by atoms with Gasteiger partial charge in [-0.25, -0.2) is 13.1 Å². The highest BCUT2D eigenvalue weighted by molar-refractivity contribution is 7.89. The highest BCUT2D eigenvalue weighted by Crippen LogP contribution is 2.58. The van der Waals surface area contributed by atoms with Crippen LogP contribution in [-0.4, -0.2) is 50.5 Å². The summed E-state index contributed by atoms with van der Waals surface area (Å²) in [7, 11) is -2.41. The first-order chi connectivity index (χ1) is 18.1. The molecule has 1 aromatic carbocycles. The lowest BCUT2D eigenvalue weighted by molar-refractivity contribution is -0.140. The topological polar surface area (TPSA) is 113 Å². The fourth-order valence-electron chi connectivity index (χ4n) is 6.50. The number of esters is 1. The molecule has 3 aliphatic carbocycles. The van der Waals surface area contributed by atoms with E-state index in [9.17, 15) is 23.4 Å². The van der Waals surface area contributed by atoms with Crippen LogP contribution in [0.3, 0.4) is 0 Å². The van der Waals surface area contributed by atoms with Crippen LogP contribution < -0.4 is 4.72 Å². The van der Waals surface area contributed by atoms with E-state index in [0.717, 1.165) is 31.3 Å². The Morgan fingerprint density at radius 2 is 1.97 bits per heavy atom. The molecule has 0 amide bonds. The van der Waals surface area contributed by atoms with Crippen LogP contribution in [0, 0.1) is 35.0 Å². The second kappa shape index (κ2) is 12.5. The molecule has 0 bridgehead atoms. The smallest absolute Gasteiger partial charge is 0.305 e. The van der Waals surface area contributed by atoms with Gasteiger partial charge in [0.1, 0.15) is 6.10 Å². The summed E-state index contributed by atoms with van der Waals surface area (Å²) in [6.07, 6.45) is 8.48. The van der Waals surface area contributed by atoms with Crippen molar-refractivity contribution in [3.8, 4) is 11.8 Å². The van der Waals surface area contributed by atoms with Crippen molar-refractivity contribution in [3.63, 3.8) is 0 Å². The lowest BCUT2D eigenvalue weighted by Gasteiger charge is -2.30. The Balaban J connectivity index is 1.54. The minimum atomic E-state index is -3.78. The first kappa shape index (κ1) is 29.1. The summed E-state index contributed by atoms with van der Waals surface area (Å²) in [6, 6.07) is 6.02. The standard InChI is InChI=1S/C29H38ClNO6S/c1-37-28(34)9-5-6-20-16-25-24(14-15-26(32)21-7-3-2-4-8-21)27(33)18-29(25,17-20)19-31-38(35,36)23-12-10-22(30)11-13-23/h6,10-13,21,24-27,31-33H,2-5,7-9,16-19H2,1H3/b20-6-/t24-,25-,26-,27-,29+/m1/s1. The summed E-state index contributed by atoms with van der Waals surface area (Å²) in [5, 5.41) is 22.2. The van der Waals surface area contributed by atoms with Gasteiger partial charge < -0.3 is 14.9 Å². The Bertz CT molecular complexity index is 1180. The highest BCUT2D eigenvalue weighted by atomic mass is 35.5. The normalized spacial score (nSPS) is 29.5. The number of ether oxygens (including phenoxy) is 1. The molecule has 0 radical (unpaired) electrons. The number of benzene rings is 1. The fraction of sp³-hybridized carbons (Fsp3) is 0.621. The number of hydrogen-bond donors (Lipinski definition) is 3. The molecular formula is C29H38ClNO6S. The maximum atomic E-state index is 13.1.